The number of ketones is 1. The van der Waals surface area contributed by atoms with Gasteiger partial charge in [-0.05, 0) is 49.7 Å². The summed E-state index contributed by atoms with van der Waals surface area (Å²) in [5, 5.41) is 4.20. The first-order valence-corrected chi connectivity index (χ1v) is 8.78. The Kier molecular flexibility index (Phi) is 4.99. The van der Waals surface area contributed by atoms with E-state index >= 15 is 0 Å². The van der Waals surface area contributed by atoms with Gasteiger partial charge in [-0.1, -0.05) is 22.9 Å². The summed E-state index contributed by atoms with van der Waals surface area (Å²) in [6.45, 7) is 3.78. The Hall–Kier alpha value is -2.47. The molecule has 1 aromatic carbocycles. The first kappa shape index (κ1) is 17.4. The highest BCUT2D eigenvalue weighted by Crippen LogP contribution is 2.22. The molecule has 5 nitrogen and oxygen atoms in total. The van der Waals surface area contributed by atoms with E-state index in [1.54, 1.807) is 42.6 Å². The second-order valence-corrected chi connectivity index (χ2v) is 6.65. The average Bonchev–Trinajstić information content (AvgIpc) is 3.05. The number of esters is 1. The Morgan fingerprint density at radius 2 is 1.92 bits per heavy atom. The van der Waals surface area contributed by atoms with Gasteiger partial charge in [0.25, 0.3) is 0 Å². The first-order valence-electron chi connectivity index (χ1n) is 7.99. The molecule has 1 atom stereocenters. The summed E-state index contributed by atoms with van der Waals surface area (Å²) < 4.78 is 7.84. The van der Waals surface area contributed by atoms with Crippen molar-refractivity contribution in [2.45, 2.75) is 26.4 Å². The molecule has 0 N–H and O–H groups in total. The number of benzene rings is 1. The SMILES string of the molecule is CCC(C)OC(=O)c1cccn2ncc(C(=O)c3ccc(Br)cc3)c12. The van der Waals surface area contributed by atoms with E-state index in [1.807, 2.05) is 13.8 Å². The minimum Gasteiger partial charge on any atom is -0.459 e. The van der Waals surface area contributed by atoms with Crippen LogP contribution in [0.15, 0.2) is 53.3 Å². The van der Waals surface area contributed by atoms with Gasteiger partial charge in [-0.3, -0.25) is 4.79 Å². The lowest BCUT2D eigenvalue weighted by molar-refractivity contribution is 0.0336. The third kappa shape index (κ3) is 3.49. The molecule has 3 rings (SSSR count). The highest BCUT2D eigenvalue weighted by Gasteiger charge is 2.22. The molecule has 0 aliphatic carbocycles. The summed E-state index contributed by atoms with van der Waals surface area (Å²) >= 11 is 3.35. The quantitative estimate of drug-likeness (QED) is 0.473. The molecule has 0 fully saturated rings. The van der Waals surface area contributed by atoms with Gasteiger partial charge in [-0.25, -0.2) is 9.31 Å². The molecule has 0 saturated heterocycles. The van der Waals surface area contributed by atoms with Crippen LogP contribution in [0.2, 0.25) is 0 Å². The molecular formula is C19H17BrN2O3. The number of hydrogen-bond acceptors (Lipinski definition) is 4. The highest BCUT2D eigenvalue weighted by molar-refractivity contribution is 9.10. The van der Waals surface area contributed by atoms with Crippen LogP contribution in [0.3, 0.4) is 0 Å². The fourth-order valence-electron chi connectivity index (χ4n) is 2.46. The lowest BCUT2D eigenvalue weighted by Gasteiger charge is -2.12. The number of carbonyl (C=O) groups excluding carboxylic acids is 2. The van der Waals surface area contributed by atoms with Crippen molar-refractivity contribution in [3.8, 4) is 0 Å². The monoisotopic (exact) mass is 400 g/mol. The van der Waals surface area contributed by atoms with Crippen LogP contribution in [0, 0.1) is 0 Å². The van der Waals surface area contributed by atoms with Crippen molar-refractivity contribution in [1.82, 2.24) is 9.61 Å². The summed E-state index contributed by atoms with van der Waals surface area (Å²) in [6, 6.07) is 10.4. The summed E-state index contributed by atoms with van der Waals surface area (Å²) in [7, 11) is 0. The van der Waals surface area contributed by atoms with E-state index in [4.69, 9.17) is 4.74 Å². The maximum Gasteiger partial charge on any atom is 0.340 e. The van der Waals surface area contributed by atoms with Crippen molar-refractivity contribution in [1.29, 1.82) is 0 Å². The van der Waals surface area contributed by atoms with Crippen molar-refractivity contribution in [3.63, 3.8) is 0 Å². The number of pyridine rings is 1. The van der Waals surface area contributed by atoms with Gasteiger partial charge in [0.15, 0.2) is 5.78 Å². The standard InChI is InChI=1S/C19H17BrN2O3/c1-3-12(2)25-19(24)15-5-4-10-22-17(15)16(11-21-22)18(23)13-6-8-14(20)9-7-13/h4-12H,3H2,1-2H3. The second kappa shape index (κ2) is 7.19. The van der Waals surface area contributed by atoms with E-state index in [0.29, 0.717) is 22.2 Å². The molecule has 25 heavy (non-hydrogen) atoms. The molecule has 0 aliphatic rings. The zero-order valence-electron chi connectivity index (χ0n) is 13.9. The van der Waals surface area contributed by atoms with Crippen LogP contribution in [-0.4, -0.2) is 27.5 Å². The van der Waals surface area contributed by atoms with Gasteiger partial charge in [-0.2, -0.15) is 5.10 Å². The molecule has 0 spiro atoms. The highest BCUT2D eigenvalue weighted by atomic mass is 79.9. The van der Waals surface area contributed by atoms with E-state index in [9.17, 15) is 9.59 Å². The molecule has 0 saturated carbocycles. The van der Waals surface area contributed by atoms with E-state index in [0.717, 1.165) is 10.9 Å². The van der Waals surface area contributed by atoms with E-state index in [1.165, 1.54) is 10.7 Å². The summed E-state index contributed by atoms with van der Waals surface area (Å²) in [5.74, 6) is -0.642. The Labute approximate surface area is 153 Å². The Balaban J connectivity index is 2.06. The zero-order valence-corrected chi connectivity index (χ0v) is 15.5. The molecule has 0 bridgehead atoms. The molecule has 0 aliphatic heterocycles. The lowest BCUT2D eigenvalue weighted by atomic mass is 10.0. The lowest BCUT2D eigenvalue weighted by Crippen LogP contribution is -2.15. The molecule has 128 valence electrons. The number of hydrogen-bond donors (Lipinski definition) is 0. The maximum atomic E-state index is 12.9. The van der Waals surface area contributed by atoms with Crippen LogP contribution < -0.4 is 0 Å². The topological polar surface area (TPSA) is 60.7 Å². The van der Waals surface area contributed by atoms with Crippen molar-refractivity contribution in [2.75, 3.05) is 0 Å². The first-order chi connectivity index (χ1) is 12.0. The maximum absolute atomic E-state index is 12.9. The Bertz CT molecular complexity index is 931. The van der Waals surface area contributed by atoms with Crippen molar-refractivity contribution >= 4 is 33.2 Å². The average molecular weight is 401 g/mol. The molecule has 2 aromatic heterocycles. The number of carbonyl (C=O) groups is 2. The molecule has 0 amide bonds. The van der Waals surface area contributed by atoms with E-state index in [-0.39, 0.29) is 11.9 Å². The molecule has 3 aromatic rings. The van der Waals surface area contributed by atoms with Crippen molar-refractivity contribution < 1.29 is 14.3 Å². The molecule has 2 heterocycles. The predicted octanol–water partition coefficient (Wildman–Crippen LogP) is 4.28. The van der Waals surface area contributed by atoms with Crippen LogP contribution in [0.5, 0.6) is 0 Å². The number of fused-ring (bicyclic) bond motifs is 1. The Morgan fingerprint density at radius 3 is 2.60 bits per heavy atom. The van der Waals surface area contributed by atoms with Crippen LogP contribution in [0.1, 0.15) is 46.5 Å². The second-order valence-electron chi connectivity index (χ2n) is 5.73. The molecule has 6 heteroatoms. The van der Waals surface area contributed by atoms with Gasteiger partial charge >= 0.3 is 5.97 Å². The van der Waals surface area contributed by atoms with Gasteiger partial charge < -0.3 is 4.74 Å². The predicted molar refractivity (Wildman–Crippen MR) is 97.9 cm³/mol. The Morgan fingerprint density at radius 1 is 1.20 bits per heavy atom. The van der Waals surface area contributed by atoms with Crippen molar-refractivity contribution in [3.05, 3.63) is 70.0 Å². The third-order valence-electron chi connectivity index (χ3n) is 3.99. The summed E-state index contributed by atoms with van der Waals surface area (Å²) in [5.41, 5.74) is 1.70. The van der Waals surface area contributed by atoms with Gasteiger partial charge in [0.1, 0.15) is 0 Å². The molecular weight excluding hydrogens is 384 g/mol. The minimum absolute atomic E-state index is 0.189. The van der Waals surface area contributed by atoms with Crippen LogP contribution in [0.25, 0.3) is 5.52 Å². The van der Waals surface area contributed by atoms with Crippen LogP contribution >= 0.6 is 15.9 Å². The summed E-state index contributed by atoms with van der Waals surface area (Å²) in [6.07, 6.45) is 3.72. The minimum atomic E-state index is -0.453. The number of ether oxygens (including phenoxy) is 1. The van der Waals surface area contributed by atoms with Gasteiger partial charge in [0, 0.05) is 16.2 Å². The summed E-state index contributed by atoms with van der Waals surface area (Å²) in [4.78, 5) is 25.4. The van der Waals surface area contributed by atoms with Gasteiger partial charge in [-0.15, -0.1) is 0 Å². The van der Waals surface area contributed by atoms with E-state index < -0.39 is 5.97 Å². The molecule has 0 radical (unpaired) electrons. The van der Waals surface area contributed by atoms with Gasteiger partial charge in [0.05, 0.1) is 28.9 Å². The van der Waals surface area contributed by atoms with Crippen LogP contribution in [-0.2, 0) is 4.74 Å². The van der Waals surface area contributed by atoms with E-state index in [2.05, 4.69) is 21.0 Å². The number of nitrogens with zero attached hydrogens (tertiary/aromatic N) is 2. The smallest absolute Gasteiger partial charge is 0.340 e. The fourth-order valence-corrected chi connectivity index (χ4v) is 2.72. The number of rotatable bonds is 5. The normalized spacial score (nSPS) is 12.1. The van der Waals surface area contributed by atoms with Crippen LogP contribution in [0.4, 0.5) is 0 Å². The van der Waals surface area contributed by atoms with Gasteiger partial charge in [0.2, 0.25) is 0 Å². The third-order valence-corrected chi connectivity index (χ3v) is 4.52. The van der Waals surface area contributed by atoms with Crippen molar-refractivity contribution in [2.24, 2.45) is 0 Å². The number of halogens is 1. The fraction of sp³-hybridized carbons (Fsp3) is 0.211. The zero-order chi connectivity index (χ0) is 18.0. The number of aromatic nitrogens is 2. The molecule has 1 unspecified atom stereocenters. The largest absolute Gasteiger partial charge is 0.459 e.